The van der Waals surface area contributed by atoms with Gasteiger partial charge in [-0.3, -0.25) is 0 Å². The predicted octanol–water partition coefficient (Wildman–Crippen LogP) is 5.83. The summed E-state index contributed by atoms with van der Waals surface area (Å²) < 4.78 is 10.3. The molecule has 0 bridgehead atoms. The Morgan fingerprint density at radius 3 is 2.33 bits per heavy atom. The monoisotopic (exact) mass is 332 g/mol. The summed E-state index contributed by atoms with van der Waals surface area (Å²) in [5.74, 6) is 1.31. The van der Waals surface area contributed by atoms with Gasteiger partial charge in [-0.2, -0.15) is 0 Å². The molecular formula is C21H32O3. The molecule has 1 aromatic rings. The average molecular weight is 332 g/mol. The third-order valence-electron chi connectivity index (χ3n) is 3.91. The van der Waals surface area contributed by atoms with Gasteiger partial charge < -0.3 is 9.15 Å². The number of unbranched alkanes of at least 4 members (excludes halogenated alkanes) is 7. The lowest BCUT2D eigenvalue weighted by atomic mass is 10.1. The fourth-order valence-corrected chi connectivity index (χ4v) is 2.53. The molecule has 0 saturated heterocycles. The van der Waals surface area contributed by atoms with Crippen molar-refractivity contribution in [2.75, 3.05) is 7.11 Å². The number of hydrogen-bond acceptors (Lipinski definition) is 3. The Bertz CT molecular complexity index is 540. The third-order valence-corrected chi connectivity index (χ3v) is 3.91. The van der Waals surface area contributed by atoms with Crippen LogP contribution in [0.3, 0.4) is 0 Å². The Morgan fingerprint density at radius 1 is 0.958 bits per heavy atom. The van der Waals surface area contributed by atoms with E-state index < -0.39 is 0 Å². The van der Waals surface area contributed by atoms with Gasteiger partial charge in [0.05, 0.1) is 13.2 Å². The average Bonchev–Trinajstić information content (AvgIpc) is 2.58. The summed E-state index contributed by atoms with van der Waals surface area (Å²) in [6, 6.07) is 3.18. The number of aryl methyl sites for hydroxylation is 1. The van der Waals surface area contributed by atoms with Gasteiger partial charge in [0.15, 0.2) is 0 Å². The van der Waals surface area contributed by atoms with E-state index in [1.54, 1.807) is 7.11 Å². The van der Waals surface area contributed by atoms with E-state index in [0.717, 1.165) is 18.6 Å². The molecule has 134 valence electrons. The summed E-state index contributed by atoms with van der Waals surface area (Å²) in [4.78, 5) is 11.3. The van der Waals surface area contributed by atoms with Crippen LogP contribution in [0.4, 0.5) is 0 Å². The van der Waals surface area contributed by atoms with Gasteiger partial charge >= 0.3 is 5.63 Å². The molecule has 0 spiro atoms. The first kappa shape index (κ1) is 20.3. The summed E-state index contributed by atoms with van der Waals surface area (Å²) in [6.45, 7) is 2.20. The largest absolute Gasteiger partial charge is 0.496 e. The van der Waals surface area contributed by atoms with E-state index in [1.165, 1.54) is 57.4 Å². The topological polar surface area (TPSA) is 39.4 Å². The molecule has 1 heterocycles. The molecule has 0 radical (unpaired) electrons. The van der Waals surface area contributed by atoms with Gasteiger partial charge in [0.2, 0.25) is 0 Å². The van der Waals surface area contributed by atoms with Crippen LogP contribution in [0.1, 0.15) is 70.5 Å². The van der Waals surface area contributed by atoms with E-state index in [2.05, 4.69) is 31.2 Å². The van der Waals surface area contributed by atoms with Gasteiger partial charge in [-0.15, -0.1) is 0 Å². The van der Waals surface area contributed by atoms with E-state index in [-0.39, 0.29) is 5.63 Å². The number of rotatable bonds is 13. The highest BCUT2D eigenvalue weighted by Gasteiger charge is 2.02. The zero-order chi connectivity index (χ0) is 17.5. The highest BCUT2D eigenvalue weighted by molar-refractivity contribution is 5.20. The number of hydrogen-bond donors (Lipinski definition) is 0. The molecule has 0 aromatic carbocycles. The van der Waals surface area contributed by atoms with Crippen molar-refractivity contribution < 1.29 is 9.15 Å². The van der Waals surface area contributed by atoms with Gasteiger partial charge in [0.1, 0.15) is 11.5 Å². The Kier molecular flexibility index (Phi) is 11.5. The van der Waals surface area contributed by atoms with Crippen LogP contribution in [0.2, 0.25) is 0 Å². The second kappa shape index (κ2) is 13.6. The molecule has 0 unspecified atom stereocenters. The Hall–Kier alpha value is -1.77. The van der Waals surface area contributed by atoms with Crippen molar-refractivity contribution in [2.24, 2.45) is 0 Å². The molecule has 24 heavy (non-hydrogen) atoms. The first-order valence-corrected chi connectivity index (χ1v) is 9.26. The van der Waals surface area contributed by atoms with Crippen molar-refractivity contribution in [3.63, 3.8) is 0 Å². The third kappa shape index (κ3) is 10.1. The van der Waals surface area contributed by atoms with Crippen molar-refractivity contribution in [3.8, 4) is 5.75 Å². The fraction of sp³-hybridized carbons (Fsp3) is 0.571. The zero-order valence-electron chi connectivity index (χ0n) is 15.3. The summed E-state index contributed by atoms with van der Waals surface area (Å²) in [5, 5.41) is 0. The minimum Gasteiger partial charge on any atom is -0.496 e. The molecular weight excluding hydrogens is 300 g/mol. The van der Waals surface area contributed by atoms with Crippen LogP contribution in [-0.4, -0.2) is 7.11 Å². The number of methoxy groups -OCH3 is 1. The number of ether oxygens (including phenoxy) is 1. The maximum absolute atomic E-state index is 11.3. The van der Waals surface area contributed by atoms with Gasteiger partial charge in [0, 0.05) is 12.5 Å². The molecule has 0 aliphatic carbocycles. The quantitative estimate of drug-likeness (QED) is 0.337. The van der Waals surface area contributed by atoms with E-state index in [4.69, 9.17) is 9.15 Å². The van der Waals surface area contributed by atoms with E-state index >= 15 is 0 Å². The molecule has 0 amide bonds. The van der Waals surface area contributed by atoms with E-state index in [1.807, 2.05) is 6.07 Å². The van der Waals surface area contributed by atoms with E-state index in [9.17, 15) is 4.79 Å². The molecule has 0 aliphatic rings. The minimum atomic E-state index is -0.332. The van der Waals surface area contributed by atoms with Crippen LogP contribution in [0, 0.1) is 0 Å². The molecule has 0 atom stereocenters. The second-order valence-corrected chi connectivity index (χ2v) is 6.09. The normalized spacial score (nSPS) is 11.6. The fourth-order valence-electron chi connectivity index (χ4n) is 2.53. The van der Waals surface area contributed by atoms with Crippen LogP contribution in [0.15, 0.2) is 45.6 Å². The van der Waals surface area contributed by atoms with Crippen molar-refractivity contribution in [1.29, 1.82) is 0 Å². The van der Waals surface area contributed by atoms with Crippen molar-refractivity contribution >= 4 is 0 Å². The lowest BCUT2D eigenvalue weighted by molar-refractivity contribution is 0.390. The number of allylic oxidation sites excluding steroid dienone is 4. The lowest BCUT2D eigenvalue weighted by Crippen LogP contribution is -2.01. The van der Waals surface area contributed by atoms with Crippen LogP contribution in [0.25, 0.3) is 0 Å². The van der Waals surface area contributed by atoms with Crippen LogP contribution >= 0.6 is 0 Å². The van der Waals surface area contributed by atoms with Gasteiger partial charge in [-0.05, 0) is 25.7 Å². The maximum Gasteiger partial charge on any atom is 0.339 e. The Balaban J connectivity index is 2.01. The standard InChI is InChI=1S/C21H32O3/c1-3-4-5-6-7-8-9-10-11-12-13-14-15-16-19-17-20(23-2)18-21(22)24-19/h5-8,17-18H,3-4,9-16H2,1-2H3/b6-5+,8-7+. The molecule has 0 saturated carbocycles. The van der Waals surface area contributed by atoms with Crippen LogP contribution in [-0.2, 0) is 6.42 Å². The predicted molar refractivity (Wildman–Crippen MR) is 101 cm³/mol. The van der Waals surface area contributed by atoms with Gasteiger partial charge in [0.25, 0.3) is 0 Å². The highest BCUT2D eigenvalue weighted by atomic mass is 16.5. The molecule has 1 rings (SSSR count). The Morgan fingerprint density at radius 2 is 1.62 bits per heavy atom. The van der Waals surface area contributed by atoms with Crippen LogP contribution in [0.5, 0.6) is 5.75 Å². The molecule has 1 aromatic heterocycles. The van der Waals surface area contributed by atoms with Crippen molar-refractivity contribution in [1.82, 2.24) is 0 Å². The Labute approximate surface area is 146 Å². The maximum atomic E-state index is 11.3. The molecule has 0 aliphatic heterocycles. The molecule has 0 fully saturated rings. The highest BCUT2D eigenvalue weighted by Crippen LogP contribution is 2.14. The second-order valence-electron chi connectivity index (χ2n) is 6.09. The summed E-state index contributed by atoms with van der Waals surface area (Å²) in [5.41, 5.74) is -0.332. The minimum absolute atomic E-state index is 0.332. The van der Waals surface area contributed by atoms with Crippen LogP contribution < -0.4 is 10.4 Å². The molecule has 3 nitrogen and oxygen atoms in total. The SMILES string of the molecule is CCC/C=C/C=C/CCCCCCCCc1cc(OC)cc(=O)o1. The summed E-state index contributed by atoms with van der Waals surface area (Å²) in [6.07, 6.45) is 20.5. The summed E-state index contributed by atoms with van der Waals surface area (Å²) >= 11 is 0. The van der Waals surface area contributed by atoms with Gasteiger partial charge in [-0.1, -0.05) is 63.3 Å². The zero-order valence-corrected chi connectivity index (χ0v) is 15.3. The van der Waals surface area contributed by atoms with Crippen molar-refractivity contribution in [3.05, 3.63) is 52.6 Å². The first-order chi connectivity index (χ1) is 11.8. The lowest BCUT2D eigenvalue weighted by Gasteiger charge is -2.03. The molecule has 3 heteroatoms. The summed E-state index contributed by atoms with van der Waals surface area (Å²) in [7, 11) is 1.56. The van der Waals surface area contributed by atoms with Gasteiger partial charge in [-0.25, -0.2) is 4.79 Å². The smallest absolute Gasteiger partial charge is 0.339 e. The molecule has 0 N–H and O–H groups in total. The van der Waals surface area contributed by atoms with E-state index in [0.29, 0.717) is 5.75 Å². The van der Waals surface area contributed by atoms with Crippen molar-refractivity contribution in [2.45, 2.75) is 71.1 Å². The first-order valence-electron chi connectivity index (χ1n) is 9.26.